The molecule has 0 unspecified atom stereocenters. The number of aliphatic hydroxyl groups is 1. The quantitative estimate of drug-likeness (QED) is 0.849. The normalized spacial score (nSPS) is 26.5. The summed E-state index contributed by atoms with van der Waals surface area (Å²) in [5.41, 5.74) is 0. The van der Waals surface area contributed by atoms with E-state index in [9.17, 15) is 5.11 Å². The molecule has 5 nitrogen and oxygen atoms in total. The van der Waals surface area contributed by atoms with Crippen molar-refractivity contribution in [3.63, 3.8) is 0 Å². The molecule has 118 valence electrons. The SMILES string of the molecule is CC1CCC(N(Cn2nc(CO)n(C)c2=S)C2CC2)CC1. The van der Waals surface area contributed by atoms with Gasteiger partial charge in [-0.3, -0.25) is 4.90 Å². The van der Waals surface area contributed by atoms with E-state index < -0.39 is 0 Å². The Kier molecular flexibility index (Phi) is 4.47. The zero-order valence-electron chi connectivity index (χ0n) is 13.0. The molecule has 0 amide bonds. The average molecular weight is 310 g/mol. The average Bonchev–Trinajstić information content (AvgIpc) is 3.28. The Labute approximate surface area is 131 Å². The second-order valence-electron chi connectivity index (χ2n) is 6.72. The predicted molar refractivity (Wildman–Crippen MR) is 84.2 cm³/mol. The Morgan fingerprint density at radius 2 is 1.76 bits per heavy atom. The molecule has 2 saturated carbocycles. The molecule has 3 rings (SSSR count). The van der Waals surface area contributed by atoms with Crippen molar-refractivity contribution in [2.45, 2.75) is 70.8 Å². The maximum absolute atomic E-state index is 9.33. The van der Waals surface area contributed by atoms with E-state index in [-0.39, 0.29) is 6.61 Å². The van der Waals surface area contributed by atoms with E-state index in [4.69, 9.17) is 12.2 Å². The molecule has 0 atom stereocenters. The highest BCUT2D eigenvalue weighted by molar-refractivity contribution is 7.71. The Hall–Kier alpha value is -0.720. The second kappa shape index (κ2) is 6.18. The Morgan fingerprint density at radius 3 is 2.24 bits per heavy atom. The third kappa shape index (κ3) is 3.22. The highest BCUT2D eigenvalue weighted by atomic mass is 32.1. The fraction of sp³-hybridized carbons (Fsp3) is 0.867. The van der Waals surface area contributed by atoms with Gasteiger partial charge in [0.25, 0.3) is 0 Å². The summed E-state index contributed by atoms with van der Waals surface area (Å²) >= 11 is 5.45. The third-order valence-electron chi connectivity index (χ3n) is 5.04. The molecule has 1 heterocycles. The van der Waals surface area contributed by atoms with Crippen LogP contribution in [0.5, 0.6) is 0 Å². The summed E-state index contributed by atoms with van der Waals surface area (Å²) < 4.78 is 4.40. The predicted octanol–water partition coefficient (Wildman–Crippen LogP) is 2.44. The molecule has 21 heavy (non-hydrogen) atoms. The van der Waals surface area contributed by atoms with Crippen LogP contribution in [0, 0.1) is 10.7 Å². The molecule has 1 aromatic heterocycles. The van der Waals surface area contributed by atoms with Gasteiger partial charge in [0.15, 0.2) is 10.6 Å². The van der Waals surface area contributed by atoms with Crippen molar-refractivity contribution < 1.29 is 5.11 Å². The summed E-state index contributed by atoms with van der Waals surface area (Å²) in [6.07, 6.45) is 7.88. The summed E-state index contributed by atoms with van der Waals surface area (Å²) in [6, 6.07) is 1.39. The van der Waals surface area contributed by atoms with Gasteiger partial charge in [0.05, 0.1) is 6.67 Å². The highest BCUT2D eigenvalue weighted by Gasteiger charge is 2.35. The van der Waals surface area contributed by atoms with Crippen LogP contribution < -0.4 is 0 Å². The fourth-order valence-corrected chi connectivity index (χ4v) is 3.63. The molecule has 2 aliphatic carbocycles. The minimum absolute atomic E-state index is 0.0580. The molecule has 1 N–H and O–H groups in total. The molecular formula is C15H26N4OS. The molecule has 0 aliphatic heterocycles. The van der Waals surface area contributed by atoms with Crippen LogP contribution in [0.25, 0.3) is 0 Å². The van der Waals surface area contributed by atoms with Crippen LogP contribution >= 0.6 is 12.2 Å². The van der Waals surface area contributed by atoms with Gasteiger partial charge in [-0.25, -0.2) is 4.68 Å². The third-order valence-corrected chi connectivity index (χ3v) is 5.52. The molecule has 1 aromatic rings. The molecule has 0 aromatic carbocycles. The molecule has 0 bridgehead atoms. The van der Waals surface area contributed by atoms with Gasteiger partial charge in [-0.15, -0.1) is 0 Å². The van der Waals surface area contributed by atoms with Crippen LogP contribution in [-0.2, 0) is 20.3 Å². The van der Waals surface area contributed by atoms with Crippen LogP contribution in [0.4, 0.5) is 0 Å². The van der Waals surface area contributed by atoms with Crippen molar-refractivity contribution in [3.05, 3.63) is 10.6 Å². The van der Waals surface area contributed by atoms with Crippen molar-refractivity contribution in [3.8, 4) is 0 Å². The molecule has 6 heteroatoms. The standard InChI is InChI=1S/C15H26N4OS/c1-11-3-5-12(6-4-11)18(13-7-8-13)10-19-15(21)17(2)14(9-20)16-19/h11-13,20H,3-10H2,1-2H3. The van der Waals surface area contributed by atoms with Gasteiger partial charge in [-0.05, 0) is 56.7 Å². The summed E-state index contributed by atoms with van der Waals surface area (Å²) in [6.45, 7) is 3.08. The van der Waals surface area contributed by atoms with Crippen molar-refractivity contribution in [1.29, 1.82) is 0 Å². The van der Waals surface area contributed by atoms with E-state index in [0.29, 0.717) is 22.7 Å². The number of aromatic nitrogens is 3. The van der Waals surface area contributed by atoms with Gasteiger partial charge < -0.3 is 9.67 Å². The lowest BCUT2D eigenvalue weighted by atomic mass is 9.86. The van der Waals surface area contributed by atoms with Crippen LogP contribution in [-0.4, -0.2) is 36.4 Å². The van der Waals surface area contributed by atoms with E-state index in [1.165, 1.54) is 38.5 Å². The number of nitrogens with zero attached hydrogens (tertiary/aromatic N) is 4. The smallest absolute Gasteiger partial charge is 0.198 e. The number of rotatable bonds is 5. The Morgan fingerprint density at radius 1 is 1.19 bits per heavy atom. The van der Waals surface area contributed by atoms with Gasteiger partial charge in [-0.1, -0.05) is 6.92 Å². The molecular weight excluding hydrogens is 284 g/mol. The topological polar surface area (TPSA) is 46.2 Å². The number of hydrogen-bond donors (Lipinski definition) is 1. The first kappa shape index (κ1) is 15.2. The maximum Gasteiger partial charge on any atom is 0.198 e. The second-order valence-corrected chi connectivity index (χ2v) is 7.08. The van der Waals surface area contributed by atoms with Crippen LogP contribution in [0.15, 0.2) is 0 Å². The Balaban J connectivity index is 1.75. The fourth-order valence-electron chi connectivity index (χ4n) is 3.43. The van der Waals surface area contributed by atoms with Crippen molar-refractivity contribution >= 4 is 12.2 Å². The van der Waals surface area contributed by atoms with Crippen molar-refractivity contribution in [2.24, 2.45) is 13.0 Å². The van der Waals surface area contributed by atoms with Gasteiger partial charge >= 0.3 is 0 Å². The zero-order chi connectivity index (χ0) is 15.0. The minimum atomic E-state index is -0.0580. The van der Waals surface area contributed by atoms with Crippen LogP contribution in [0.2, 0.25) is 0 Å². The lowest BCUT2D eigenvalue weighted by Crippen LogP contribution is -2.41. The molecule has 2 fully saturated rings. The monoisotopic (exact) mass is 310 g/mol. The molecule has 2 aliphatic rings. The van der Waals surface area contributed by atoms with E-state index >= 15 is 0 Å². The lowest BCUT2D eigenvalue weighted by molar-refractivity contribution is 0.0917. The molecule has 0 saturated heterocycles. The van der Waals surface area contributed by atoms with E-state index in [0.717, 1.165) is 12.6 Å². The first-order valence-electron chi connectivity index (χ1n) is 8.09. The first-order chi connectivity index (χ1) is 10.1. The first-order valence-corrected chi connectivity index (χ1v) is 8.50. The van der Waals surface area contributed by atoms with E-state index in [1.54, 1.807) is 0 Å². The van der Waals surface area contributed by atoms with Gasteiger partial charge in [-0.2, -0.15) is 5.10 Å². The lowest BCUT2D eigenvalue weighted by Gasteiger charge is -2.36. The number of aliphatic hydroxyl groups excluding tert-OH is 1. The summed E-state index contributed by atoms with van der Waals surface area (Å²) in [5.74, 6) is 1.52. The zero-order valence-corrected chi connectivity index (χ0v) is 13.8. The van der Waals surface area contributed by atoms with Gasteiger partial charge in [0.2, 0.25) is 0 Å². The van der Waals surface area contributed by atoms with Gasteiger partial charge in [0, 0.05) is 19.1 Å². The Bertz CT molecular complexity index is 540. The molecule has 0 spiro atoms. The van der Waals surface area contributed by atoms with Crippen molar-refractivity contribution in [1.82, 2.24) is 19.2 Å². The van der Waals surface area contributed by atoms with Crippen molar-refractivity contribution in [2.75, 3.05) is 0 Å². The van der Waals surface area contributed by atoms with Crippen LogP contribution in [0.3, 0.4) is 0 Å². The largest absolute Gasteiger partial charge is 0.388 e. The van der Waals surface area contributed by atoms with Gasteiger partial charge in [0.1, 0.15) is 6.61 Å². The number of hydrogen-bond acceptors (Lipinski definition) is 4. The highest BCUT2D eigenvalue weighted by Crippen LogP contribution is 2.35. The summed E-state index contributed by atoms with van der Waals surface area (Å²) in [4.78, 5) is 2.61. The maximum atomic E-state index is 9.33. The summed E-state index contributed by atoms with van der Waals surface area (Å²) in [5, 5.41) is 13.8. The minimum Gasteiger partial charge on any atom is -0.388 e. The van der Waals surface area contributed by atoms with E-state index in [2.05, 4.69) is 16.9 Å². The van der Waals surface area contributed by atoms with E-state index in [1.807, 2.05) is 16.3 Å². The van der Waals surface area contributed by atoms with Crippen LogP contribution in [0.1, 0.15) is 51.3 Å². The molecule has 0 radical (unpaired) electrons. The summed E-state index contributed by atoms with van der Waals surface area (Å²) in [7, 11) is 1.88.